The van der Waals surface area contributed by atoms with E-state index in [-0.39, 0.29) is 5.92 Å². The summed E-state index contributed by atoms with van der Waals surface area (Å²) in [6.07, 6.45) is 12.1. The molecule has 0 N–H and O–H groups in total. The van der Waals surface area contributed by atoms with Gasteiger partial charge in [-0.1, -0.05) is 38.1 Å². The van der Waals surface area contributed by atoms with Gasteiger partial charge in [0.1, 0.15) is 5.78 Å². The van der Waals surface area contributed by atoms with Gasteiger partial charge < -0.3 is 9.80 Å². The fraction of sp³-hybridized carbons (Fsp3) is 0.607. The average molecular weight is 447 g/mol. The minimum absolute atomic E-state index is 0.175. The highest BCUT2D eigenvalue weighted by molar-refractivity contribution is 5.82. The van der Waals surface area contributed by atoms with Gasteiger partial charge in [0.25, 0.3) is 0 Å². The van der Waals surface area contributed by atoms with Crippen LogP contribution in [0.4, 0.5) is 5.95 Å². The Kier molecular flexibility index (Phi) is 6.51. The van der Waals surface area contributed by atoms with Crippen molar-refractivity contribution in [2.75, 3.05) is 25.0 Å². The second kappa shape index (κ2) is 9.54. The van der Waals surface area contributed by atoms with Crippen molar-refractivity contribution < 1.29 is 4.79 Å². The van der Waals surface area contributed by atoms with Crippen LogP contribution in [0.1, 0.15) is 57.9 Å². The van der Waals surface area contributed by atoms with Crippen LogP contribution < -0.4 is 4.90 Å². The van der Waals surface area contributed by atoms with Crippen LogP contribution in [0.3, 0.4) is 0 Å². The van der Waals surface area contributed by atoms with Crippen LogP contribution in [0.25, 0.3) is 11.1 Å². The summed E-state index contributed by atoms with van der Waals surface area (Å²) >= 11 is 0. The molecule has 0 amide bonds. The fourth-order valence-corrected chi connectivity index (χ4v) is 6.33. The molecule has 0 radical (unpaired) electrons. The number of benzene rings is 1. The number of hydrogen-bond acceptors (Lipinski definition) is 5. The number of rotatable bonds is 6. The number of hydrogen-bond donors (Lipinski definition) is 0. The zero-order valence-corrected chi connectivity index (χ0v) is 20.4. The third-order valence-corrected chi connectivity index (χ3v) is 8.16. The van der Waals surface area contributed by atoms with Crippen LogP contribution in [0.2, 0.25) is 0 Å². The van der Waals surface area contributed by atoms with E-state index in [2.05, 4.69) is 41.1 Å². The maximum absolute atomic E-state index is 12.3. The van der Waals surface area contributed by atoms with Crippen LogP contribution >= 0.6 is 0 Å². The summed E-state index contributed by atoms with van der Waals surface area (Å²) in [6, 6.07) is 10.0. The summed E-state index contributed by atoms with van der Waals surface area (Å²) in [6.45, 7) is 6.28. The Hall–Kier alpha value is -2.27. The lowest BCUT2D eigenvalue weighted by atomic mass is 9.76. The molecular weight excluding hydrogens is 408 g/mol. The molecule has 176 valence electrons. The molecule has 3 heterocycles. The minimum Gasteiger partial charge on any atom is -0.332 e. The molecule has 33 heavy (non-hydrogen) atoms. The normalized spacial score (nSPS) is 27.8. The number of anilines is 1. The fourth-order valence-electron chi connectivity index (χ4n) is 6.33. The Balaban J connectivity index is 1.18. The Labute approximate surface area is 198 Å². The Morgan fingerprint density at radius 1 is 0.909 bits per heavy atom. The molecular formula is C28H38N4O. The summed E-state index contributed by atoms with van der Waals surface area (Å²) in [5, 5.41) is 0. The van der Waals surface area contributed by atoms with E-state index in [1.165, 1.54) is 36.8 Å². The van der Waals surface area contributed by atoms with Crippen molar-refractivity contribution in [1.82, 2.24) is 14.9 Å². The quantitative estimate of drug-likeness (QED) is 0.625. The maximum atomic E-state index is 12.3. The molecule has 5 nitrogen and oxygen atoms in total. The smallest absolute Gasteiger partial charge is 0.225 e. The van der Waals surface area contributed by atoms with Gasteiger partial charge in [-0.25, -0.2) is 9.97 Å². The zero-order chi connectivity index (χ0) is 22.9. The number of carbonyl (C=O) groups is 1. The highest BCUT2D eigenvalue weighted by atomic mass is 16.1. The van der Waals surface area contributed by atoms with Gasteiger partial charge in [-0.3, -0.25) is 4.79 Å². The molecule has 0 spiro atoms. The van der Waals surface area contributed by atoms with Crippen molar-refractivity contribution in [2.24, 2.45) is 17.8 Å². The van der Waals surface area contributed by atoms with Crippen molar-refractivity contribution in [1.29, 1.82) is 0 Å². The van der Waals surface area contributed by atoms with Gasteiger partial charge in [-0.2, -0.15) is 0 Å². The first kappa shape index (κ1) is 22.5. The van der Waals surface area contributed by atoms with E-state index in [0.29, 0.717) is 29.7 Å². The van der Waals surface area contributed by atoms with Crippen LogP contribution in [-0.4, -0.2) is 52.9 Å². The van der Waals surface area contributed by atoms with Crippen molar-refractivity contribution in [3.05, 3.63) is 42.2 Å². The molecule has 5 heteroatoms. The predicted molar refractivity (Wildman–Crippen MR) is 133 cm³/mol. The molecule has 1 aromatic carbocycles. The molecule has 1 aliphatic carbocycles. The third kappa shape index (κ3) is 4.84. The number of ketones is 1. The molecule has 2 saturated heterocycles. The van der Waals surface area contributed by atoms with Crippen molar-refractivity contribution >= 4 is 11.7 Å². The van der Waals surface area contributed by atoms with E-state index in [9.17, 15) is 4.79 Å². The number of piperazine rings is 1. The number of aromatic nitrogens is 2. The van der Waals surface area contributed by atoms with E-state index in [4.69, 9.17) is 9.97 Å². The highest BCUT2D eigenvalue weighted by Gasteiger charge is 2.40. The topological polar surface area (TPSA) is 49.3 Å². The van der Waals surface area contributed by atoms with Crippen molar-refractivity contribution in [3.8, 4) is 11.1 Å². The van der Waals surface area contributed by atoms with Gasteiger partial charge in [-0.15, -0.1) is 0 Å². The molecule has 1 saturated carbocycles. The van der Waals surface area contributed by atoms with Gasteiger partial charge in [-0.05, 0) is 69.0 Å². The van der Waals surface area contributed by atoms with Crippen molar-refractivity contribution in [3.63, 3.8) is 0 Å². The second-order valence-corrected chi connectivity index (χ2v) is 11.0. The van der Waals surface area contributed by atoms with E-state index < -0.39 is 0 Å². The summed E-state index contributed by atoms with van der Waals surface area (Å²) in [5.41, 5.74) is 3.65. The number of likely N-dealkylation sites (tertiary alicyclic amines) is 1. The molecule has 2 unspecified atom stereocenters. The summed E-state index contributed by atoms with van der Waals surface area (Å²) in [7, 11) is 2.22. The van der Waals surface area contributed by atoms with E-state index >= 15 is 0 Å². The maximum Gasteiger partial charge on any atom is 0.225 e. The van der Waals surface area contributed by atoms with Gasteiger partial charge in [0.15, 0.2) is 0 Å². The molecule has 3 aliphatic rings. The molecule has 2 aromatic rings. The molecule has 2 bridgehead atoms. The summed E-state index contributed by atoms with van der Waals surface area (Å²) in [5.74, 6) is 2.53. The summed E-state index contributed by atoms with van der Waals surface area (Å²) < 4.78 is 0. The second-order valence-electron chi connectivity index (χ2n) is 11.0. The lowest BCUT2D eigenvalue weighted by Gasteiger charge is -2.39. The SMILES string of the molecule is CC(C)C(=O)[C@H]1CC[C@@H](Cc2ccc(-c3cnc(N4C5CCC4CN(C)C5)nc3)cc2)CC1. The number of likely N-dealkylation sites (N-methyl/N-ethyl adjacent to an activating group) is 1. The molecule has 3 fully saturated rings. The largest absolute Gasteiger partial charge is 0.332 e. The van der Waals surface area contributed by atoms with Crippen LogP contribution in [-0.2, 0) is 11.2 Å². The minimum atomic E-state index is 0.175. The number of Topliss-reactive ketones (excluding diaryl/α,β-unsaturated/α-hetero) is 1. The van der Waals surface area contributed by atoms with E-state index in [0.717, 1.165) is 43.9 Å². The summed E-state index contributed by atoms with van der Waals surface area (Å²) in [4.78, 5) is 26.7. The van der Waals surface area contributed by atoms with Crippen LogP contribution in [0.5, 0.6) is 0 Å². The highest BCUT2D eigenvalue weighted by Crippen LogP contribution is 2.34. The lowest BCUT2D eigenvalue weighted by molar-refractivity contribution is -0.127. The molecule has 5 rings (SSSR count). The van der Waals surface area contributed by atoms with E-state index in [1.807, 2.05) is 26.2 Å². The standard InChI is InChI=1S/C28H38N4O/c1-19(2)27(33)23-10-6-21(7-11-23)14-20-4-8-22(9-5-20)24-15-29-28(30-16-24)32-25-12-13-26(32)18-31(3)17-25/h4-5,8-9,15-16,19,21,23,25-26H,6-7,10-14,17-18H2,1-3H3/t21-,23+,25?,26?. The lowest BCUT2D eigenvalue weighted by Crippen LogP contribution is -2.53. The Morgan fingerprint density at radius 2 is 1.52 bits per heavy atom. The average Bonchev–Trinajstić information content (AvgIpc) is 3.10. The number of nitrogens with zero attached hydrogens (tertiary/aromatic N) is 4. The Morgan fingerprint density at radius 3 is 2.09 bits per heavy atom. The Bertz CT molecular complexity index is 933. The van der Waals surface area contributed by atoms with Gasteiger partial charge in [0, 0.05) is 55.0 Å². The molecule has 2 aliphatic heterocycles. The van der Waals surface area contributed by atoms with Crippen molar-refractivity contribution in [2.45, 2.75) is 70.9 Å². The molecule has 2 atom stereocenters. The monoisotopic (exact) mass is 446 g/mol. The first-order valence-corrected chi connectivity index (χ1v) is 12.9. The van der Waals surface area contributed by atoms with Gasteiger partial charge in [0.2, 0.25) is 5.95 Å². The van der Waals surface area contributed by atoms with Crippen LogP contribution in [0.15, 0.2) is 36.7 Å². The molecule has 1 aromatic heterocycles. The predicted octanol–water partition coefficient (Wildman–Crippen LogP) is 5.00. The first-order valence-electron chi connectivity index (χ1n) is 12.9. The number of carbonyl (C=O) groups excluding carboxylic acids is 1. The third-order valence-electron chi connectivity index (χ3n) is 8.16. The number of fused-ring (bicyclic) bond motifs is 2. The van der Waals surface area contributed by atoms with Gasteiger partial charge >= 0.3 is 0 Å². The zero-order valence-electron chi connectivity index (χ0n) is 20.4. The van der Waals surface area contributed by atoms with Gasteiger partial charge in [0.05, 0.1) is 0 Å². The van der Waals surface area contributed by atoms with E-state index in [1.54, 1.807) is 0 Å². The first-order chi connectivity index (χ1) is 16.0. The van der Waals surface area contributed by atoms with Crippen LogP contribution in [0, 0.1) is 17.8 Å².